The van der Waals surface area contributed by atoms with Gasteiger partial charge in [0.2, 0.25) is 0 Å². The zero-order valence-electron chi connectivity index (χ0n) is 7.60. The van der Waals surface area contributed by atoms with Crippen LogP contribution >= 0.6 is 0 Å². The fraction of sp³-hybridized carbons (Fsp3) is 0.800. The van der Waals surface area contributed by atoms with Crippen LogP contribution in [0.2, 0.25) is 0 Å². The normalized spacial score (nSPS) is 29.8. The molecule has 0 unspecified atom stereocenters. The van der Waals surface area contributed by atoms with Crippen LogP contribution < -0.4 is 0 Å². The minimum atomic E-state index is -0.604. The summed E-state index contributed by atoms with van der Waals surface area (Å²) in [6.07, 6.45) is 5.11. The monoisotopic (exact) mass is 165 g/mol. The molecule has 0 amide bonds. The first-order valence-corrected chi connectivity index (χ1v) is 4.70. The van der Waals surface area contributed by atoms with Gasteiger partial charge >= 0.3 is 0 Å². The minimum absolute atomic E-state index is 0.179. The summed E-state index contributed by atoms with van der Waals surface area (Å²) in [4.78, 5) is 11.5. The summed E-state index contributed by atoms with van der Waals surface area (Å²) in [6, 6.07) is 2.22. The first-order valence-electron chi connectivity index (χ1n) is 4.70. The Labute approximate surface area is 73.6 Å². The molecule has 0 bridgehead atoms. The average Bonchev–Trinajstić information content (AvgIpc) is 2.10. The SMILES string of the molecule is CCC[C@@]1(C#N)CCCCC1=O. The third kappa shape index (κ3) is 1.50. The standard InChI is InChI=1S/C10H15NO/c1-2-6-10(8-11)7-4-3-5-9(10)12/h2-7H2,1H3/t10-/m0/s1. The molecule has 0 aliphatic heterocycles. The maximum atomic E-state index is 11.5. The van der Waals surface area contributed by atoms with Gasteiger partial charge < -0.3 is 0 Å². The highest BCUT2D eigenvalue weighted by Gasteiger charge is 2.38. The van der Waals surface area contributed by atoms with Crippen LogP contribution in [-0.4, -0.2) is 5.78 Å². The Bertz CT molecular complexity index is 212. The van der Waals surface area contributed by atoms with Crippen molar-refractivity contribution in [2.24, 2.45) is 5.41 Å². The van der Waals surface area contributed by atoms with Crippen LogP contribution in [0.5, 0.6) is 0 Å². The molecule has 2 heteroatoms. The summed E-state index contributed by atoms with van der Waals surface area (Å²) in [5.74, 6) is 0.179. The van der Waals surface area contributed by atoms with Crippen LogP contribution in [0.25, 0.3) is 0 Å². The lowest BCUT2D eigenvalue weighted by Gasteiger charge is -2.28. The molecule has 1 fully saturated rings. The second-order valence-electron chi connectivity index (χ2n) is 3.57. The maximum Gasteiger partial charge on any atom is 0.153 e. The van der Waals surface area contributed by atoms with E-state index in [-0.39, 0.29) is 5.78 Å². The van der Waals surface area contributed by atoms with E-state index >= 15 is 0 Å². The van der Waals surface area contributed by atoms with Gasteiger partial charge in [0.15, 0.2) is 5.78 Å². The first-order chi connectivity index (χ1) is 5.75. The van der Waals surface area contributed by atoms with Gasteiger partial charge in [-0.05, 0) is 19.3 Å². The third-order valence-electron chi connectivity index (χ3n) is 2.68. The average molecular weight is 165 g/mol. The van der Waals surface area contributed by atoms with Gasteiger partial charge in [-0.2, -0.15) is 5.26 Å². The molecule has 12 heavy (non-hydrogen) atoms. The molecule has 1 saturated carbocycles. The van der Waals surface area contributed by atoms with Gasteiger partial charge in [0, 0.05) is 6.42 Å². The number of rotatable bonds is 2. The molecule has 1 rings (SSSR count). The van der Waals surface area contributed by atoms with Gasteiger partial charge in [0.25, 0.3) is 0 Å². The minimum Gasteiger partial charge on any atom is -0.298 e. The van der Waals surface area contributed by atoms with Crippen molar-refractivity contribution in [3.8, 4) is 6.07 Å². The van der Waals surface area contributed by atoms with Gasteiger partial charge in [-0.1, -0.05) is 19.8 Å². The molecular weight excluding hydrogens is 150 g/mol. The second kappa shape index (κ2) is 3.71. The molecule has 0 saturated heterocycles. The molecular formula is C10H15NO. The van der Waals surface area contributed by atoms with Crippen LogP contribution in [0.15, 0.2) is 0 Å². The topological polar surface area (TPSA) is 40.9 Å². The van der Waals surface area contributed by atoms with Crippen LogP contribution in [0, 0.1) is 16.7 Å². The number of Topliss-reactive ketones (excluding diaryl/α,β-unsaturated/α-hetero) is 1. The van der Waals surface area contributed by atoms with E-state index in [1.807, 2.05) is 6.92 Å². The smallest absolute Gasteiger partial charge is 0.153 e. The zero-order chi connectivity index (χ0) is 9.03. The Morgan fingerprint density at radius 2 is 2.33 bits per heavy atom. The number of nitrogens with zero attached hydrogens (tertiary/aromatic N) is 1. The van der Waals surface area contributed by atoms with Crippen molar-refractivity contribution in [2.45, 2.75) is 45.4 Å². The van der Waals surface area contributed by atoms with Crippen LogP contribution in [0.1, 0.15) is 45.4 Å². The van der Waals surface area contributed by atoms with Crippen LogP contribution in [0.4, 0.5) is 0 Å². The zero-order valence-corrected chi connectivity index (χ0v) is 7.60. The van der Waals surface area contributed by atoms with Crippen molar-refractivity contribution in [1.82, 2.24) is 0 Å². The molecule has 0 spiro atoms. The van der Waals surface area contributed by atoms with Crippen molar-refractivity contribution in [3.05, 3.63) is 0 Å². The predicted octanol–water partition coefficient (Wildman–Crippen LogP) is 2.44. The van der Waals surface area contributed by atoms with E-state index < -0.39 is 5.41 Å². The van der Waals surface area contributed by atoms with Crippen LogP contribution in [-0.2, 0) is 4.79 Å². The molecule has 0 aromatic carbocycles. The second-order valence-corrected chi connectivity index (χ2v) is 3.57. The van der Waals surface area contributed by atoms with Crippen molar-refractivity contribution in [2.75, 3.05) is 0 Å². The number of hydrogen-bond donors (Lipinski definition) is 0. The Morgan fingerprint density at radius 1 is 1.58 bits per heavy atom. The lowest BCUT2D eigenvalue weighted by molar-refractivity contribution is -0.128. The van der Waals surface area contributed by atoms with E-state index in [4.69, 9.17) is 5.26 Å². The van der Waals surface area contributed by atoms with Crippen LogP contribution in [0.3, 0.4) is 0 Å². The Hall–Kier alpha value is -0.840. The molecule has 0 radical (unpaired) electrons. The third-order valence-corrected chi connectivity index (χ3v) is 2.68. The molecule has 1 aliphatic carbocycles. The molecule has 66 valence electrons. The summed E-state index contributed by atoms with van der Waals surface area (Å²) >= 11 is 0. The highest BCUT2D eigenvalue weighted by molar-refractivity contribution is 5.88. The Balaban J connectivity index is 2.75. The highest BCUT2D eigenvalue weighted by Crippen LogP contribution is 2.36. The molecule has 0 aromatic rings. The number of carbonyl (C=O) groups is 1. The van der Waals surface area contributed by atoms with Gasteiger partial charge in [-0.25, -0.2) is 0 Å². The summed E-state index contributed by atoms with van der Waals surface area (Å²) in [5, 5.41) is 8.97. The number of carbonyl (C=O) groups excluding carboxylic acids is 1. The lowest BCUT2D eigenvalue weighted by Crippen LogP contribution is -2.32. The van der Waals surface area contributed by atoms with Crippen molar-refractivity contribution in [3.63, 3.8) is 0 Å². The largest absolute Gasteiger partial charge is 0.298 e. The Kier molecular flexibility index (Phi) is 2.86. The summed E-state index contributed by atoms with van der Waals surface area (Å²) < 4.78 is 0. The molecule has 0 heterocycles. The number of ketones is 1. The molecule has 0 aromatic heterocycles. The van der Waals surface area contributed by atoms with E-state index in [0.29, 0.717) is 6.42 Å². The van der Waals surface area contributed by atoms with E-state index in [1.165, 1.54) is 0 Å². The summed E-state index contributed by atoms with van der Waals surface area (Å²) in [7, 11) is 0. The lowest BCUT2D eigenvalue weighted by atomic mass is 9.71. The predicted molar refractivity (Wildman–Crippen MR) is 46.4 cm³/mol. The van der Waals surface area contributed by atoms with Crippen molar-refractivity contribution < 1.29 is 4.79 Å². The fourth-order valence-corrected chi connectivity index (χ4v) is 1.96. The van der Waals surface area contributed by atoms with Crippen molar-refractivity contribution >= 4 is 5.78 Å². The highest BCUT2D eigenvalue weighted by atomic mass is 16.1. The van der Waals surface area contributed by atoms with Crippen molar-refractivity contribution in [1.29, 1.82) is 5.26 Å². The summed E-state index contributed by atoms with van der Waals surface area (Å²) in [5.41, 5.74) is -0.604. The number of nitriles is 1. The Morgan fingerprint density at radius 3 is 2.83 bits per heavy atom. The van der Waals surface area contributed by atoms with E-state index in [9.17, 15) is 4.79 Å². The summed E-state index contributed by atoms with van der Waals surface area (Å²) in [6.45, 7) is 2.03. The van der Waals surface area contributed by atoms with Gasteiger partial charge in [-0.3, -0.25) is 4.79 Å². The fourth-order valence-electron chi connectivity index (χ4n) is 1.96. The van der Waals surface area contributed by atoms with Gasteiger partial charge in [-0.15, -0.1) is 0 Å². The van der Waals surface area contributed by atoms with Gasteiger partial charge in [0.1, 0.15) is 5.41 Å². The maximum absolute atomic E-state index is 11.5. The van der Waals surface area contributed by atoms with E-state index in [2.05, 4.69) is 6.07 Å². The molecule has 2 nitrogen and oxygen atoms in total. The number of hydrogen-bond acceptors (Lipinski definition) is 2. The van der Waals surface area contributed by atoms with E-state index in [1.54, 1.807) is 0 Å². The quantitative estimate of drug-likeness (QED) is 0.630. The molecule has 1 atom stereocenters. The molecule has 1 aliphatic rings. The van der Waals surface area contributed by atoms with Gasteiger partial charge in [0.05, 0.1) is 6.07 Å². The molecule has 0 N–H and O–H groups in total. The van der Waals surface area contributed by atoms with E-state index in [0.717, 1.165) is 32.1 Å². The first kappa shape index (κ1) is 9.25.